The van der Waals surface area contributed by atoms with E-state index in [9.17, 15) is 17.6 Å². The number of carbonyl (C=O) groups excluding carboxylic acids is 1. The first-order valence-corrected chi connectivity index (χ1v) is 13.9. The van der Waals surface area contributed by atoms with Crippen molar-refractivity contribution in [1.29, 1.82) is 0 Å². The lowest BCUT2D eigenvalue weighted by Gasteiger charge is -2.48. The van der Waals surface area contributed by atoms with Gasteiger partial charge >= 0.3 is 0 Å². The van der Waals surface area contributed by atoms with Gasteiger partial charge in [-0.2, -0.15) is 19.3 Å². The summed E-state index contributed by atoms with van der Waals surface area (Å²) in [6, 6.07) is 11.3. The molecule has 4 aromatic rings. The van der Waals surface area contributed by atoms with Gasteiger partial charge in [0, 0.05) is 25.0 Å². The average molecular weight is 536 g/mol. The molecule has 0 spiro atoms. The first kappa shape index (κ1) is 24.6. The summed E-state index contributed by atoms with van der Waals surface area (Å²) in [5.74, 6) is -0.652. The zero-order valence-electron chi connectivity index (χ0n) is 20.7. The third-order valence-electron chi connectivity index (χ3n) is 7.69. The summed E-state index contributed by atoms with van der Waals surface area (Å²) < 4.78 is 43.9. The minimum atomic E-state index is -3.97. The second kappa shape index (κ2) is 9.21. The predicted octanol–water partition coefficient (Wildman–Crippen LogP) is 2.70. The zero-order valence-corrected chi connectivity index (χ0v) is 21.6. The van der Waals surface area contributed by atoms with E-state index in [0.29, 0.717) is 31.5 Å². The Balaban J connectivity index is 1.41. The number of hydrogen-bond donors (Lipinski definition) is 0. The topological polar surface area (TPSA) is 116 Å². The molecular weight excluding hydrogens is 509 g/mol. The van der Waals surface area contributed by atoms with E-state index < -0.39 is 15.4 Å². The normalized spacial score (nSPS) is 21.6. The Bertz CT molecular complexity index is 1600. The van der Waals surface area contributed by atoms with Crippen molar-refractivity contribution in [3.8, 4) is 5.69 Å². The van der Waals surface area contributed by atoms with E-state index in [1.54, 1.807) is 47.4 Å². The summed E-state index contributed by atoms with van der Waals surface area (Å²) in [6.07, 6.45) is 5.88. The third-order valence-corrected chi connectivity index (χ3v) is 9.40. The van der Waals surface area contributed by atoms with Crippen LogP contribution in [0.15, 0.2) is 66.1 Å². The van der Waals surface area contributed by atoms with Crippen LogP contribution in [0.5, 0.6) is 0 Å². The summed E-state index contributed by atoms with van der Waals surface area (Å²) >= 11 is 0. The van der Waals surface area contributed by atoms with Gasteiger partial charge in [0.1, 0.15) is 11.5 Å². The van der Waals surface area contributed by atoms with E-state index in [-0.39, 0.29) is 35.6 Å². The van der Waals surface area contributed by atoms with Crippen LogP contribution < -0.4 is 0 Å². The molecular formula is C26H26FN7O3S. The highest BCUT2D eigenvalue weighted by Crippen LogP contribution is 2.48. The van der Waals surface area contributed by atoms with Gasteiger partial charge < -0.3 is 0 Å². The summed E-state index contributed by atoms with van der Waals surface area (Å²) in [5.41, 5.74) is 1.84. The monoisotopic (exact) mass is 535 g/mol. The van der Waals surface area contributed by atoms with Crippen molar-refractivity contribution >= 4 is 15.8 Å². The molecule has 0 saturated carbocycles. The maximum Gasteiger partial charge on any atom is 0.264 e. The van der Waals surface area contributed by atoms with Crippen LogP contribution in [0, 0.1) is 17.2 Å². The van der Waals surface area contributed by atoms with Crippen molar-refractivity contribution < 1.29 is 17.6 Å². The van der Waals surface area contributed by atoms with Gasteiger partial charge in [-0.25, -0.2) is 17.5 Å². The molecule has 1 saturated heterocycles. The molecule has 4 heterocycles. The minimum absolute atomic E-state index is 0.00948. The summed E-state index contributed by atoms with van der Waals surface area (Å²) in [6.45, 7) is 2.54. The molecule has 0 amide bonds. The number of aromatic nitrogens is 6. The first-order valence-electron chi connectivity index (χ1n) is 12.5. The molecule has 1 aliphatic heterocycles. The molecule has 1 fully saturated rings. The Kier molecular flexibility index (Phi) is 5.95. The summed E-state index contributed by atoms with van der Waals surface area (Å²) in [4.78, 5) is 19.8. The van der Waals surface area contributed by atoms with Gasteiger partial charge in [-0.1, -0.05) is 6.07 Å². The SMILES string of the molecule is CCn1ncc(S(=O)(=O)N2CC[C@H]3Cc4c(cnn4-c4ccc(F)cc4)C[C@]3(C(=O)c3ccccn3)C2)n1. The van der Waals surface area contributed by atoms with E-state index >= 15 is 0 Å². The van der Waals surface area contributed by atoms with Gasteiger partial charge in [0.2, 0.25) is 5.03 Å². The van der Waals surface area contributed by atoms with E-state index in [0.717, 1.165) is 16.9 Å². The van der Waals surface area contributed by atoms with Crippen LogP contribution in [-0.2, 0) is 29.4 Å². The molecule has 196 valence electrons. The molecule has 2 aliphatic rings. The fourth-order valence-electron chi connectivity index (χ4n) is 5.73. The van der Waals surface area contributed by atoms with Gasteiger partial charge in [-0.05, 0) is 74.1 Å². The van der Waals surface area contributed by atoms with Crippen LogP contribution >= 0.6 is 0 Å². The number of ketones is 1. The molecule has 0 N–H and O–H groups in total. The highest BCUT2D eigenvalue weighted by molar-refractivity contribution is 7.89. The van der Waals surface area contributed by atoms with Crippen molar-refractivity contribution in [3.05, 3.63) is 83.8 Å². The van der Waals surface area contributed by atoms with E-state index in [2.05, 4.69) is 20.3 Å². The standard InChI is InChI=1S/C26H26FN7O3S/c1-2-33-29-16-24(31-33)38(36,37)32-12-10-19-13-23-18(15-30-34(23)21-8-6-20(27)7-9-21)14-26(19,17-32)25(35)22-5-3-4-11-28-22/h3-9,11,15-16,19H,2,10,12-14,17H2,1H3/t19-,26-/m0/s1. The van der Waals surface area contributed by atoms with Crippen LogP contribution in [0.4, 0.5) is 4.39 Å². The second-order valence-electron chi connectivity index (χ2n) is 9.78. The van der Waals surface area contributed by atoms with Crippen LogP contribution in [0.25, 0.3) is 5.69 Å². The number of piperidine rings is 1. The van der Waals surface area contributed by atoms with Gasteiger partial charge in [-0.15, -0.1) is 5.10 Å². The molecule has 0 bridgehead atoms. The van der Waals surface area contributed by atoms with Gasteiger partial charge in [-0.3, -0.25) is 9.78 Å². The second-order valence-corrected chi connectivity index (χ2v) is 11.7. The number of carbonyl (C=O) groups is 1. The first-order chi connectivity index (χ1) is 18.3. The number of pyridine rings is 1. The zero-order chi connectivity index (χ0) is 26.5. The lowest BCUT2D eigenvalue weighted by molar-refractivity contribution is 0.0394. The Morgan fingerprint density at radius 3 is 2.66 bits per heavy atom. The number of Topliss-reactive ketones (excluding diaryl/α,β-unsaturated/α-hetero) is 1. The predicted molar refractivity (Wildman–Crippen MR) is 134 cm³/mol. The average Bonchev–Trinajstić information content (AvgIpc) is 3.59. The summed E-state index contributed by atoms with van der Waals surface area (Å²) in [7, 11) is -3.97. The Labute approximate surface area is 219 Å². The number of hydrogen-bond acceptors (Lipinski definition) is 7. The van der Waals surface area contributed by atoms with E-state index in [1.807, 2.05) is 6.92 Å². The Hall–Kier alpha value is -3.77. The van der Waals surface area contributed by atoms with Crippen molar-refractivity contribution in [1.82, 2.24) is 34.1 Å². The summed E-state index contributed by atoms with van der Waals surface area (Å²) in [5, 5.41) is 12.6. The lowest BCUT2D eigenvalue weighted by atomic mass is 9.60. The fourth-order valence-corrected chi connectivity index (χ4v) is 7.12. The van der Waals surface area contributed by atoms with Gasteiger partial charge in [0.15, 0.2) is 5.78 Å². The quantitative estimate of drug-likeness (QED) is 0.349. The van der Waals surface area contributed by atoms with Crippen molar-refractivity contribution in [2.75, 3.05) is 13.1 Å². The van der Waals surface area contributed by atoms with Crippen molar-refractivity contribution in [2.45, 2.75) is 37.8 Å². The molecule has 0 radical (unpaired) electrons. The fraction of sp³-hybridized carbons (Fsp3) is 0.346. The highest BCUT2D eigenvalue weighted by Gasteiger charge is 2.54. The van der Waals surface area contributed by atoms with Crippen molar-refractivity contribution in [2.24, 2.45) is 11.3 Å². The molecule has 2 atom stereocenters. The van der Waals surface area contributed by atoms with Crippen LogP contribution in [-0.4, -0.2) is 61.4 Å². The third kappa shape index (κ3) is 3.95. The molecule has 3 aromatic heterocycles. The number of nitrogens with zero attached hydrogens (tertiary/aromatic N) is 7. The maximum atomic E-state index is 14.2. The number of rotatable bonds is 6. The smallest absolute Gasteiger partial charge is 0.264 e. The number of halogens is 1. The van der Waals surface area contributed by atoms with E-state index in [1.165, 1.54) is 27.4 Å². The van der Waals surface area contributed by atoms with Gasteiger partial charge in [0.05, 0.1) is 30.0 Å². The molecule has 38 heavy (non-hydrogen) atoms. The Morgan fingerprint density at radius 2 is 1.95 bits per heavy atom. The molecule has 1 aromatic carbocycles. The maximum absolute atomic E-state index is 14.2. The van der Waals surface area contributed by atoms with Gasteiger partial charge in [0.25, 0.3) is 10.0 Å². The number of sulfonamides is 1. The molecule has 10 nitrogen and oxygen atoms in total. The number of benzene rings is 1. The van der Waals surface area contributed by atoms with Crippen LogP contribution in [0.1, 0.15) is 35.1 Å². The van der Waals surface area contributed by atoms with Crippen LogP contribution in [0.3, 0.4) is 0 Å². The molecule has 6 rings (SSSR count). The lowest BCUT2D eigenvalue weighted by Crippen LogP contribution is -2.57. The molecule has 0 unspecified atom stereocenters. The number of aryl methyl sites for hydroxylation is 1. The number of fused-ring (bicyclic) bond motifs is 2. The van der Waals surface area contributed by atoms with Crippen LogP contribution in [0.2, 0.25) is 0 Å². The largest absolute Gasteiger partial charge is 0.292 e. The minimum Gasteiger partial charge on any atom is -0.292 e. The Morgan fingerprint density at radius 1 is 1.13 bits per heavy atom. The van der Waals surface area contributed by atoms with Crippen molar-refractivity contribution in [3.63, 3.8) is 0 Å². The molecule has 1 aliphatic carbocycles. The molecule has 12 heteroatoms. The highest BCUT2D eigenvalue weighted by atomic mass is 32.2. The van der Waals surface area contributed by atoms with E-state index in [4.69, 9.17) is 0 Å².